The van der Waals surface area contributed by atoms with Gasteiger partial charge in [-0.15, -0.1) is 11.3 Å². The van der Waals surface area contributed by atoms with Gasteiger partial charge in [-0.3, -0.25) is 4.98 Å². The third kappa shape index (κ3) is 3.22. The number of benzene rings is 1. The normalized spacial score (nSPS) is 19.5. The van der Waals surface area contributed by atoms with E-state index in [1.807, 2.05) is 48.7 Å². The molecule has 1 aromatic carbocycles. The standard InChI is InChI=1S/C19H16BrN3OS2/c1-24-13-6-4-5-12(11-13)23-18(15-8-9-16(20)26-15)17(22-19(23)25)14-7-2-3-10-21-14/h2-11,17-18H,1H3,(H,22,25)/t17-,18+/m0/s1. The minimum Gasteiger partial charge on any atom is -0.497 e. The lowest BCUT2D eigenvalue weighted by atomic mass is 10.0. The first kappa shape index (κ1) is 17.5. The minimum atomic E-state index is -0.0274. The summed E-state index contributed by atoms with van der Waals surface area (Å²) in [6.07, 6.45) is 1.82. The summed E-state index contributed by atoms with van der Waals surface area (Å²) in [5.74, 6) is 0.803. The van der Waals surface area contributed by atoms with Crippen molar-refractivity contribution in [3.05, 3.63) is 75.2 Å². The first-order chi connectivity index (χ1) is 12.7. The van der Waals surface area contributed by atoms with Gasteiger partial charge >= 0.3 is 0 Å². The number of thiocarbonyl (C=S) groups is 1. The second-order valence-corrected chi connectivity index (χ2v) is 8.72. The summed E-state index contributed by atoms with van der Waals surface area (Å²) in [5, 5.41) is 4.14. The summed E-state index contributed by atoms with van der Waals surface area (Å²) in [5.41, 5.74) is 1.96. The van der Waals surface area contributed by atoms with Crippen LogP contribution in [0.4, 0.5) is 5.69 Å². The number of rotatable bonds is 4. The highest BCUT2D eigenvalue weighted by Gasteiger charge is 2.41. The Morgan fingerprint density at radius 1 is 1.19 bits per heavy atom. The Morgan fingerprint density at radius 2 is 2.08 bits per heavy atom. The Balaban J connectivity index is 1.82. The lowest BCUT2D eigenvalue weighted by Gasteiger charge is -2.27. The van der Waals surface area contributed by atoms with Crippen LogP contribution in [-0.2, 0) is 0 Å². The zero-order chi connectivity index (χ0) is 18.1. The van der Waals surface area contributed by atoms with E-state index in [2.05, 4.69) is 43.3 Å². The van der Waals surface area contributed by atoms with Crippen molar-refractivity contribution >= 4 is 50.3 Å². The summed E-state index contributed by atoms with van der Waals surface area (Å²) in [7, 11) is 1.67. The Labute approximate surface area is 170 Å². The van der Waals surface area contributed by atoms with E-state index in [1.54, 1.807) is 18.4 Å². The fourth-order valence-corrected chi connectivity index (χ4v) is 5.07. The molecule has 1 N–H and O–H groups in total. The van der Waals surface area contributed by atoms with E-state index in [9.17, 15) is 0 Å². The molecule has 1 saturated heterocycles. The lowest BCUT2D eigenvalue weighted by molar-refractivity contribution is 0.415. The van der Waals surface area contributed by atoms with Crippen LogP contribution in [0.3, 0.4) is 0 Å². The smallest absolute Gasteiger partial charge is 0.174 e. The van der Waals surface area contributed by atoms with E-state index in [0.717, 1.165) is 20.9 Å². The quantitative estimate of drug-likeness (QED) is 0.565. The number of pyridine rings is 1. The fourth-order valence-electron chi connectivity index (χ4n) is 3.17. The van der Waals surface area contributed by atoms with E-state index in [0.29, 0.717) is 5.11 Å². The number of ether oxygens (including phenoxy) is 1. The molecular weight excluding hydrogens is 430 g/mol. The Kier molecular flexibility index (Phi) is 4.93. The molecule has 0 unspecified atom stereocenters. The van der Waals surface area contributed by atoms with Crippen LogP contribution in [0.5, 0.6) is 5.75 Å². The SMILES string of the molecule is COc1cccc(N2C(=S)N[C@@H](c3ccccn3)[C@H]2c2ccc(Br)s2)c1. The highest BCUT2D eigenvalue weighted by atomic mass is 79.9. The second-order valence-electron chi connectivity index (χ2n) is 5.84. The Morgan fingerprint density at radius 3 is 2.77 bits per heavy atom. The van der Waals surface area contributed by atoms with Gasteiger partial charge in [-0.2, -0.15) is 0 Å². The average molecular weight is 446 g/mol. The number of halogens is 1. The average Bonchev–Trinajstić information content (AvgIpc) is 3.25. The van der Waals surface area contributed by atoms with Crippen molar-refractivity contribution in [3.8, 4) is 5.75 Å². The molecule has 4 rings (SSSR count). The van der Waals surface area contributed by atoms with E-state index in [1.165, 1.54) is 4.88 Å². The highest BCUT2D eigenvalue weighted by molar-refractivity contribution is 9.11. The van der Waals surface area contributed by atoms with Crippen LogP contribution < -0.4 is 15.0 Å². The summed E-state index contributed by atoms with van der Waals surface area (Å²) < 4.78 is 6.49. The van der Waals surface area contributed by atoms with Gasteiger partial charge in [0.15, 0.2) is 5.11 Å². The number of hydrogen-bond acceptors (Lipinski definition) is 4. The van der Waals surface area contributed by atoms with Crippen molar-refractivity contribution in [2.24, 2.45) is 0 Å². The minimum absolute atomic E-state index is 0.0146. The van der Waals surface area contributed by atoms with Gasteiger partial charge in [0.1, 0.15) is 5.75 Å². The summed E-state index contributed by atoms with van der Waals surface area (Å²) >= 11 is 11.0. The second kappa shape index (κ2) is 7.34. The van der Waals surface area contributed by atoms with Gasteiger partial charge in [-0.25, -0.2) is 0 Å². The van der Waals surface area contributed by atoms with E-state index < -0.39 is 0 Å². The molecular formula is C19H16BrN3OS2. The molecule has 0 bridgehead atoms. The molecule has 0 saturated carbocycles. The van der Waals surface area contributed by atoms with Crippen LogP contribution in [0, 0.1) is 0 Å². The number of nitrogens with zero attached hydrogens (tertiary/aromatic N) is 2. The van der Waals surface area contributed by atoms with Crippen molar-refractivity contribution in [3.63, 3.8) is 0 Å². The Bertz CT molecular complexity index is 931. The predicted molar refractivity (Wildman–Crippen MR) is 113 cm³/mol. The maximum absolute atomic E-state index is 5.70. The molecule has 2 atom stereocenters. The summed E-state index contributed by atoms with van der Waals surface area (Å²) in [6, 6.07) is 18.1. The molecule has 0 aliphatic carbocycles. The van der Waals surface area contributed by atoms with Crippen LogP contribution >= 0.6 is 39.5 Å². The maximum Gasteiger partial charge on any atom is 0.174 e. The van der Waals surface area contributed by atoms with Crippen LogP contribution in [0.15, 0.2) is 64.6 Å². The van der Waals surface area contributed by atoms with E-state index in [-0.39, 0.29) is 12.1 Å². The topological polar surface area (TPSA) is 37.4 Å². The van der Waals surface area contributed by atoms with Gasteiger partial charge in [0, 0.05) is 22.8 Å². The van der Waals surface area contributed by atoms with Crippen molar-refractivity contribution in [2.75, 3.05) is 12.0 Å². The van der Waals surface area contributed by atoms with Gasteiger partial charge in [0.2, 0.25) is 0 Å². The zero-order valence-electron chi connectivity index (χ0n) is 13.9. The number of thiophene rings is 1. The number of hydrogen-bond donors (Lipinski definition) is 1. The van der Waals surface area contributed by atoms with Crippen LogP contribution in [0.1, 0.15) is 22.7 Å². The molecule has 0 amide bonds. The molecule has 0 radical (unpaired) electrons. The predicted octanol–water partition coefficient (Wildman–Crippen LogP) is 5.09. The monoisotopic (exact) mass is 445 g/mol. The number of anilines is 1. The van der Waals surface area contributed by atoms with Crippen LogP contribution in [0.2, 0.25) is 0 Å². The van der Waals surface area contributed by atoms with Crippen molar-refractivity contribution in [2.45, 2.75) is 12.1 Å². The van der Waals surface area contributed by atoms with Crippen molar-refractivity contribution < 1.29 is 4.74 Å². The zero-order valence-corrected chi connectivity index (χ0v) is 17.1. The maximum atomic E-state index is 5.70. The molecule has 3 heterocycles. The van der Waals surface area contributed by atoms with Crippen molar-refractivity contribution in [1.29, 1.82) is 0 Å². The largest absolute Gasteiger partial charge is 0.497 e. The molecule has 132 valence electrons. The van der Waals surface area contributed by atoms with Crippen LogP contribution in [-0.4, -0.2) is 17.2 Å². The molecule has 0 spiro atoms. The number of methoxy groups -OCH3 is 1. The van der Waals surface area contributed by atoms with Gasteiger partial charge in [-0.05, 0) is 64.5 Å². The van der Waals surface area contributed by atoms with Crippen molar-refractivity contribution in [1.82, 2.24) is 10.3 Å². The molecule has 4 nitrogen and oxygen atoms in total. The summed E-state index contributed by atoms with van der Waals surface area (Å²) in [4.78, 5) is 7.92. The summed E-state index contributed by atoms with van der Waals surface area (Å²) in [6.45, 7) is 0. The Hall–Kier alpha value is -1.96. The molecule has 2 aromatic heterocycles. The fraction of sp³-hybridized carbons (Fsp3) is 0.158. The third-order valence-electron chi connectivity index (χ3n) is 4.32. The highest BCUT2D eigenvalue weighted by Crippen LogP contribution is 2.44. The first-order valence-corrected chi connectivity index (χ1v) is 10.1. The number of aromatic nitrogens is 1. The van der Waals surface area contributed by atoms with Gasteiger partial charge in [0.05, 0.1) is 28.7 Å². The number of nitrogens with one attached hydrogen (secondary N) is 1. The molecule has 26 heavy (non-hydrogen) atoms. The molecule has 1 aliphatic rings. The third-order valence-corrected chi connectivity index (χ3v) is 6.32. The van der Waals surface area contributed by atoms with Gasteiger partial charge < -0.3 is 15.0 Å². The van der Waals surface area contributed by atoms with E-state index in [4.69, 9.17) is 17.0 Å². The van der Waals surface area contributed by atoms with Gasteiger partial charge in [-0.1, -0.05) is 12.1 Å². The molecule has 1 aliphatic heterocycles. The molecule has 3 aromatic rings. The molecule has 7 heteroatoms. The van der Waals surface area contributed by atoms with Crippen LogP contribution in [0.25, 0.3) is 0 Å². The lowest BCUT2D eigenvalue weighted by Crippen LogP contribution is -2.29. The first-order valence-electron chi connectivity index (χ1n) is 8.07. The van der Waals surface area contributed by atoms with Gasteiger partial charge in [0.25, 0.3) is 0 Å². The van der Waals surface area contributed by atoms with E-state index >= 15 is 0 Å². The molecule has 1 fully saturated rings.